The second-order valence-corrected chi connectivity index (χ2v) is 6.93. The van der Waals surface area contributed by atoms with E-state index in [0.717, 1.165) is 19.3 Å². The van der Waals surface area contributed by atoms with Crippen LogP contribution < -0.4 is 5.32 Å². The van der Waals surface area contributed by atoms with Crippen molar-refractivity contribution in [3.8, 4) is 0 Å². The highest BCUT2D eigenvalue weighted by Gasteiger charge is 2.25. The van der Waals surface area contributed by atoms with E-state index in [-0.39, 0.29) is 6.09 Å². The van der Waals surface area contributed by atoms with Gasteiger partial charge in [0.25, 0.3) is 0 Å². The Balaban J connectivity index is 1.80. The van der Waals surface area contributed by atoms with Crippen molar-refractivity contribution in [2.24, 2.45) is 0 Å². The number of carbonyl (C=O) groups is 1. The predicted octanol–water partition coefficient (Wildman–Crippen LogP) is 3.10. The van der Waals surface area contributed by atoms with Crippen molar-refractivity contribution in [3.05, 3.63) is 29.8 Å². The van der Waals surface area contributed by atoms with Gasteiger partial charge in [-0.25, -0.2) is 9.78 Å². The van der Waals surface area contributed by atoms with Crippen molar-refractivity contribution in [1.82, 2.24) is 15.2 Å². The van der Waals surface area contributed by atoms with Gasteiger partial charge in [-0.15, -0.1) is 0 Å². The van der Waals surface area contributed by atoms with Gasteiger partial charge in [-0.3, -0.25) is 0 Å². The lowest BCUT2D eigenvalue weighted by atomic mass is 10.1. The monoisotopic (exact) mass is 323 g/mol. The van der Waals surface area contributed by atoms with Gasteiger partial charge in [0.2, 0.25) is 5.95 Å². The number of nitrogens with one attached hydrogen (secondary N) is 1. The van der Waals surface area contributed by atoms with Gasteiger partial charge < -0.3 is 15.0 Å². The number of carbonyl (C=O) groups excluding carboxylic acids is 1. The Morgan fingerprint density at radius 1 is 1.39 bits per heavy atom. The van der Waals surface area contributed by atoms with Crippen LogP contribution in [0, 0.1) is 5.95 Å². The molecule has 2 rings (SSSR count). The maximum atomic E-state index is 13.1. The zero-order valence-electron chi connectivity index (χ0n) is 14.1. The van der Waals surface area contributed by atoms with Crippen LogP contribution in [0.3, 0.4) is 0 Å². The summed E-state index contributed by atoms with van der Waals surface area (Å²) in [6.07, 6.45) is 2.52. The predicted molar refractivity (Wildman–Crippen MR) is 86.5 cm³/mol. The minimum Gasteiger partial charge on any atom is -0.444 e. The molecule has 1 saturated heterocycles. The van der Waals surface area contributed by atoms with Crippen LogP contribution >= 0.6 is 0 Å². The molecule has 0 aliphatic carbocycles. The lowest BCUT2D eigenvalue weighted by molar-refractivity contribution is 0.0256. The molecule has 0 spiro atoms. The molecule has 0 radical (unpaired) electrons. The molecule has 6 heteroatoms. The van der Waals surface area contributed by atoms with E-state index in [1.54, 1.807) is 17.0 Å². The van der Waals surface area contributed by atoms with E-state index in [4.69, 9.17) is 4.74 Å². The summed E-state index contributed by atoms with van der Waals surface area (Å²) in [5.74, 6) is -0.457. The van der Waals surface area contributed by atoms with Gasteiger partial charge in [0, 0.05) is 25.7 Å². The van der Waals surface area contributed by atoms with Gasteiger partial charge in [0.1, 0.15) is 5.60 Å². The van der Waals surface area contributed by atoms with Crippen LogP contribution in [0.4, 0.5) is 9.18 Å². The summed E-state index contributed by atoms with van der Waals surface area (Å²) >= 11 is 0. The Hall–Kier alpha value is -1.69. The Labute approximate surface area is 137 Å². The Morgan fingerprint density at radius 3 is 2.87 bits per heavy atom. The van der Waals surface area contributed by atoms with Gasteiger partial charge in [0.05, 0.1) is 5.69 Å². The quantitative estimate of drug-likeness (QED) is 0.869. The highest BCUT2D eigenvalue weighted by Crippen LogP contribution is 2.16. The lowest BCUT2D eigenvalue weighted by Gasteiger charge is -2.26. The number of ether oxygens (including phenoxy) is 1. The van der Waals surface area contributed by atoms with Gasteiger partial charge in [0.15, 0.2) is 0 Å². The topological polar surface area (TPSA) is 54.5 Å². The average Bonchev–Trinajstić information content (AvgIpc) is 2.69. The normalized spacial score (nSPS) is 19.3. The van der Waals surface area contributed by atoms with Gasteiger partial charge >= 0.3 is 6.09 Å². The minimum atomic E-state index is -0.468. The second-order valence-electron chi connectivity index (χ2n) is 6.93. The minimum absolute atomic E-state index is 0.245. The number of amides is 1. The molecule has 1 aliphatic rings. The molecule has 5 nitrogen and oxygen atoms in total. The highest BCUT2D eigenvalue weighted by atomic mass is 19.1. The Bertz CT molecular complexity index is 531. The van der Waals surface area contributed by atoms with Crippen LogP contribution in [-0.2, 0) is 11.3 Å². The number of pyridine rings is 1. The first-order chi connectivity index (χ1) is 10.8. The molecule has 0 bridgehead atoms. The number of likely N-dealkylation sites (tertiary alicyclic amines) is 1. The summed E-state index contributed by atoms with van der Waals surface area (Å²) in [6, 6.07) is 5.11. The van der Waals surface area contributed by atoms with E-state index in [0.29, 0.717) is 31.4 Å². The van der Waals surface area contributed by atoms with Gasteiger partial charge in [-0.1, -0.05) is 6.07 Å². The zero-order valence-corrected chi connectivity index (χ0v) is 14.1. The van der Waals surface area contributed by atoms with E-state index in [9.17, 15) is 9.18 Å². The summed E-state index contributed by atoms with van der Waals surface area (Å²) in [6.45, 7) is 7.54. The van der Waals surface area contributed by atoms with E-state index in [2.05, 4.69) is 10.3 Å². The summed E-state index contributed by atoms with van der Waals surface area (Å²) < 4.78 is 18.5. The maximum absolute atomic E-state index is 13.1. The molecule has 1 aromatic rings. The van der Waals surface area contributed by atoms with Crippen molar-refractivity contribution in [3.63, 3.8) is 0 Å². The summed E-state index contributed by atoms with van der Waals surface area (Å²) in [5, 5.41) is 3.40. The molecule has 0 aromatic carbocycles. The van der Waals surface area contributed by atoms with Crippen molar-refractivity contribution in [2.45, 2.75) is 58.2 Å². The van der Waals surface area contributed by atoms with Crippen molar-refractivity contribution >= 4 is 6.09 Å². The molecule has 1 fully saturated rings. The fourth-order valence-electron chi connectivity index (χ4n) is 2.61. The number of hydrogen-bond donors (Lipinski definition) is 1. The van der Waals surface area contributed by atoms with Crippen LogP contribution in [0.5, 0.6) is 0 Å². The number of aromatic nitrogens is 1. The molecule has 1 aromatic heterocycles. The first-order valence-electron chi connectivity index (χ1n) is 8.16. The molecule has 23 heavy (non-hydrogen) atoms. The van der Waals surface area contributed by atoms with Crippen LogP contribution in [0.1, 0.15) is 45.7 Å². The first kappa shape index (κ1) is 17.7. The van der Waals surface area contributed by atoms with Gasteiger partial charge in [-0.05, 0) is 52.2 Å². The van der Waals surface area contributed by atoms with E-state index < -0.39 is 11.5 Å². The third-order valence-corrected chi connectivity index (χ3v) is 3.72. The average molecular weight is 323 g/mol. The molecular weight excluding hydrogens is 297 g/mol. The van der Waals surface area contributed by atoms with Crippen LogP contribution in [0.15, 0.2) is 18.2 Å². The van der Waals surface area contributed by atoms with Gasteiger partial charge in [-0.2, -0.15) is 4.39 Å². The number of halogens is 1. The first-order valence-corrected chi connectivity index (χ1v) is 8.16. The Kier molecular flexibility index (Phi) is 5.93. The van der Waals surface area contributed by atoms with Crippen LogP contribution in [0.25, 0.3) is 0 Å². The van der Waals surface area contributed by atoms with Crippen LogP contribution in [0.2, 0.25) is 0 Å². The number of rotatable bonds is 3. The smallest absolute Gasteiger partial charge is 0.410 e. The lowest BCUT2D eigenvalue weighted by Crippen LogP contribution is -2.38. The van der Waals surface area contributed by atoms with Crippen molar-refractivity contribution in [2.75, 3.05) is 13.1 Å². The van der Waals surface area contributed by atoms with E-state index in [1.165, 1.54) is 6.07 Å². The molecule has 2 heterocycles. The SMILES string of the molecule is CC(C)(C)OC(=O)N1CCCC(NCc2cccc(F)n2)CC1. The van der Waals surface area contributed by atoms with Crippen molar-refractivity contribution in [1.29, 1.82) is 0 Å². The van der Waals surface area contributed by atoms with Crippen molar-refractivity contribution < 1.29 is 13.9 Å². The summed E-state index contributed by atoms with van der Waals surface area (Å²) in [7, 11) is 0. The molecule has 128 valence electrons. The molecular formula is C17H26FN3O2. The third-order valence-electron chi connectivity index (χ3n) is 3.72. The summed E-state index contributed by atoms with van der Waals surface area (Å²) in [5.41, 5.74) is 0.225. The standard InChI is InChI=1S/C17H26FN3O2/c1-17(2,3)23-16(22)21-10-5-7-13(9-11-21)19-12-14-6-4-8-15(18)20-14/h4,6,8,13,19H,5,7,9-12H2,1-3H3. The molecule has 1 N–H and O–H groups in total. The number of hydrogen-bond acceptors (Lipinski definition) is 4. The largest absolute Gasteiger partial charge is 0.444 e. The third kappa shape index (κ3) is 6.14. The second kappa shape index (κ2) is 7.73. The molecule has 1 amide bonds. The summed E-state index contributed by atoms with van der Waals surface area (Å²) in [4.78, 5) is 17.7. The highest BCUT2D eigenvalue weighted by molar-refractivity contribution is 5.68. The van der Waals surface area contributed by atoms with E-state index >= 15 is 0 Å². The van der Waals surface area contributed by atoms with Crippen LogP contribution in [-0.4, -0.2) is 40.7 Å². The Morgan fingerprint density at radius 2 is 2.17 bits per heavy atom. The fourth-order valence-corrected chi connectivity index (χ4v) is 2.61. The molecule has 1 atom stereocenters. The molecule has 0 saturated carbocycles. The zero-order chi connectivity index (χ0) is 16.9. The molecule has 1 aliphatic heterocycles. The van der Waals surface area contributed by atoms with E-state index in [1.807, 2.05) is 20.8 Å². The number of nitrogens with zero attached hydrogens (tertiary/aromatic N) is 2. The maximum Gasteiger partial charge on any atom is 0.410 e. The fraction of sp³-hybridized carbons (Fsp3) is 0.647. The molecule has 1 unspecified atom stereocenters.